The maximum Gasteiger partial charge on any atom is 0.0936 e. The number of rotatable bonds is 4. The highest BCUT2D eigenvalue weighted by atomic mass is 16.5. The van der Waals surface area contributed by atoms with Crippen LogP contribution < -0.4 is 0 Å². The van der Waals surface area contributed by atoms with E-state index in [1.807, 2.05) is 0 Å². The molecule has 0 amide bonds. The molecule has 0 aromatic heterocycles. The summed E-state index contributed by atoms with van der Waals surface area (Å²) in [7, 11) is 1.72. The highest BCUT2D eigenvalue weighted by Crippen LogP contribution is 2.40. The molecule has 84 valence electrons. The Kier molecular flexibility index (Phi) is 3.59. The summed E-state index contributed by atoms with van der Waals surface area (Å²) in [5.74, 6) is 0. The zero-order chi connectivity index (χ0) is 10.8. The summed E-state index contributed by atoms with van der Waals surface area (Å²) in [6.07, 6.45) is 4.88. The van der Waals surface area contributed by atoms with Gasteiger partial charge in [-0.2, -0.15) is 0 Å². The lowest BCUT2D eigenvalue weighted by atomic mass is 9.73. The molecule has 2 nitrogen and oxygen atoms in total. The zero-order valence-electron chi connectivity index (χ0n) is 9.97. The fourth-order valence-electron chi connectivity index (χ4n) is 2.03. The molecule has 14 heavy (non-hydrogen) atoms. The lowest BCUT2D eigenvalue weighted by Crippen LogP contribution is -2.50. The molecule has 1 unspecified atom stereocenters. The molecule has 0 aliphatic heterocycles. The Bertz CT molecular complexity index is 172. The van der Waals surface area contributed by atoms with Gasteiger partial charge in [0, 0.05) is 7.11 Å². The van der Waals surface area contributed by atoms with Gasteiger partial charge in [-0.3, -0.25) is 0 Å². The number of hydrogen-bond acceptors (Lipinski definition) is 2. The van der Waals surface area contributed by atoms with Crippen molar-refractivity contribution in [2.45, 2.75) is 64.6 Å². The summed E-state index contributed by atoms with van der Waals surface area (Å²) in [5.41, 5.74) is 0.102. The summed E-state index contributed by atoms with van der Waals surface area (Å²) in [5, 5.41) is 10.1. The van der Waals surface area contributed by atoms with E-state index in [1.165, 1.54) is 6.42 Å². The first-order valence-corrected chi connectivity index (χ1v) is 5.63. The van der Waals surface area contributed by atoms with E-state index in [-0.39, 0.29) is 11.7 Å². The molecule has 1 saturated carbocycles. The van der Waals surface area contributed by atoms with Crippen molar-refractivity contribution in [1.29, 1.82) is 0 Å². The fourth-order valence-corrected chi connectivity index (χ4v) is 2.03. The molecular weight excluding hydrogens is 176 g/mol. The van der Waals surface area contributed by atoms with Gasteiger partial charge in [0.2, 0.25) is 0 Å². The molecule has 0 bridgehead atoms. The third-order valence-corrected chi connectivity index (χ3v) is 3.38. The normalized spacial score (nSPS) is 22.9. The second-order valence-corrected chi connectivity index (χ2v) is 5.74. The molecule has 0 heterocycles. The van der Waals surface area contributed by atoms with Crippen LogP contribution in [0, 0.1) is 5.41 Å². The van der Waals surface area contributed by atoms with Crippen LogP contribution in [-0.4, -0.2) is 23.9 Å². The summed E-state index contributed by atoms with van der Waals surface area (Å²) < 4.78 is 5.45. The molecular formula is C12H24O2. The van der Waals surface area contributed by atoms with Gasteiger partial charge in [-0.25, -0.2) is 0 Å². The minimum Gasteiger partial charge on any atom is -0.390 e. The summed E-state index contributed by atoms with van der Waals surface area (Å²) in [4.78, 5) is 0. The van der Waals surface area contributed by atoms with Crippen LogP contribution in [0.1, 0.15) is 52.9 Å². The molecule has 0 radical (unpaired) electrons. The smallest absolute Gasteiger partial charge is 0.0936 e. The van der Waals surface area contributed by atoms with Gasteiger partial charge in [0.25, 0.3) is 0 Å². The van der Waals surface area contributed by atoms with E-state index in [4.69, 9.17) is 4.74 Å². The number of hydrogen-bond donors (Lipinski definition) is 1. The standard InChI is InChI=1S/C12H24O2/c1-11(2,3)9-6-10(13)12(14-4)7-5-8-12/h10,13H,5-9H2,1-4H3. The zero-order valence-corrected chi connectivity index (χ0v) is 9.97. The number of ether oxygens (including phenoxy) is 1. The van der Waals surface area contributed by atoms with Crippen molar-refractivity contribution >= 4 is 0 Å². The van der Waals surface area contributed by atoms with E-state index in [2.05, 4.69) is 20.8 Å². The van der Waals surface area contributed by atoms with Gasteiger partial charge >= 0.3 is 0 Å². The van der Waals surface area contributed by atoms with E-state index in [0.29, 0.717) is 5.41 Å². The van der Waals surface area contributed by atoms with Crippen molar-refractivity contribution in [3.8, 4) is 0 Å². The Balaban J connectivity index is 2.37. The van der Waals surface area contributed by atoms with Crippen molar-refractivity contribution in [3.05, 3.63) is 0 Å². The lowest BCUT2D eigenvalue weighted by Gasteiger charge is -2.44. The predicted molar refractivity (Wildman–Crippen MR) is 58.3 cm³/mol. The van der Waals surface area contributed by atoms with Gasteiger partial charge < -0.3 is 9.84 Å². The Morgan fingerprint density at radius 3 is 2.21 bits per heavy atom. The molecule has 1 atom stereocenters. The largest absolute Gasteiger partial charge is 0.390 e. The third kappa shape index (κ3) is 2.71. The maximum absolute atomic E-state index is 10.1. The molecule has 2 heteroatoms. The van der Waals surface area contributed by atoms with Gasteiger partial charge in [0.1, 0.15) is 0 Å². The highest BCUT2D eigenvalue weighted by molar-refractivity contribution is 4.95. The first kappa shape index (κ1) is 12.0. The van der Waals surface area contributed by atoms with E-state index >= 15 is 0 Å². The second kappa shape index (κ2) is 4.19. The average molecular weight is 200 g/mol. The van der Waals surface area contributed by atoms with Crippen LogP contribution in [0.4, 0.5) is 0 Å². The van der Waals surface area contributed by atoms with Crippen molar-refractivity contribution < 1.29 is 9.84 Å². The molecule has 1 N–H and O–H groups in total. The van der Waals surface area contributed by atoms with Crippen LogP contribution in [0.2, 0.25) is 0 Å². The quantitative estimate of drug-likeness (QED) is 0.756. The van der Waals surface area contributed by atoms with Crippen molar-refractivity contribution in [2.75, 3.05) is 7.11 Å². The Morgan fingerprint density at radius 1 is 1.36 bits per heavy atom. The molecule has 0 spiro atoms. The van der Waals surface area contributed by atoms with Crippen molar-refractivity contribution in [3.63, 3.8) is 0 Å². The van der Waals surface area contributed by atoms with Crippen LogP contribution in [0.25, 0.3) is 0 Å². The van der Waals surface area contributed by atoms with E-state index < -0.39 is 0 Å². The van der Waals surface area contributed by atoms with Gasteiger partial charge in [0.05, 0.1) is 11.7 Å². The monoisotopic (exact) mass is 200 g/mol. The Labute approximate surface area is 87.7 Å². The molecule has 0 aromatic rings. The number of methoxy groups -OCH3 is 1. The van der Waals surface area contributed by atoms with E-state index in [0.717, 1.165) is 25.7 Å². The van der Waals surface area contributed by atoms with Crippen LogP contribution in [-0.2, 0) is 4.74 Å². The van der Waals surface area contributed by atoms with Crippen LogP contribution in [0.15, 0.2) is 0 Å². The molecule has 1 aliphatic carbocycles. The first-order valence-electron chi connectivity index (χ1n) is 5.63. The first-order chi connectivity index (χ1) is 6.40. The van der Waals surface area contributed by atoms with E-state index in [1.54, 1.807) is 7.11 Å². The second-order valence-electron chi connectivity index (χ2n) is 5.74. The van der Waals surface area contributed by atoms with Gasteiger partial charge in [0.15, 0.2) is 0 Å². The summed E-state index contributed by atoms with van der Waals surface area (Å²) in [6.45, 7) is 6.62. The molecule has 0 aromatic carbocycles. The lowest BCUT2D eigenvalue weighted by molar-refractivity contribution is -0.152. The minimum atomic E-state index is -0.277. The number of aliphatic hydroxyl groups is 1. The number of aliphatic hydroxyl groups excluding tert-OH is 1. The van der Waals surface area contributed by atoms with Crippen molar-refractivity contribution in [2.24, 2.45) is 5.41 Å². The topological polar surface area (TPSA) is 29.5 Å². The highest BCUT2D eigenvalue weighted by Gasteiger charge is 2.43. The van der Waals surface area contributed by atoms with Crippen LogP contribution >= 0.6 is 0 Å². The third-order valence-electron chi connectivity index (χ3n) is 3.38. The fraction of sp³-hybridized carbons (Fsp3) is 1.00. The van der Waals surface area contributed by atoms with Gasteiger partial charge in [-0.15, -0.1) is 0 Å². The maximum atomic E-state index is 10.1. The van der Waals surface area contributed by atoms with Crippen LogP contribution in [0.3, 0.4) is 0 Å². The SMILES string of the molecule is COC1(C(O)CCC(C)(C)C)CCC1. The Hall–Kier alpha value is -0.0800. The van der Waals surface area contributed by atoms with Crippen molar-refractivity contribution in [1.82, 2.24) is 0 Å². The van der Waals surface area contributed by atoms with Gasteiger partial charge in [-0.1, -0.05) is 20.8 Å². The average Bonchev–Trinajstić information content (AvgIpc) is 1.98. The summed E-state index contributed by atoms with van der Waals surface area (Å²) >= 11 is 0. The predicted octanol–water partition coefficient (Wildman–Crippen LogP) is 2.74. The van der Waals surface area contributed by atoms with E-state index in [9.17, 15) is 5.11 Å². The molecule has 0 saturated heterocycles. The van der Waals surface area contributed by atoms with Crippen LogP contribution in [0.5, 0.6) is 0 Å². The molecule has 1 fully saturated rings. The molecule has 1 rings (SSSR count). The minimum absolute atomic E-state index is 0.203. The summed E-state index contributed by atoms with van der Waals surface area (Å²) in [6, 6.07) is 0. The Morgan fingerprint density at radius 2 is 1.93 bits per heavy atom. The molecule has 1 aliphatic rings. The van der Waals surface area contributed by atoms with Gasteiger partial charge in [-0.05, 0) is 37.5 Å².